The third kappa shape index (κ3) is 3.85. The number of aromatic nitrogens is 1. The molecule has 1 aliphatic heterocycles. The van der Waals surface area contributed by atoms with E-state index in [2.05, 4.69) is 10.6 Å². The Morgan fingerprint density at radius 3 is 2.66 bits per heavy atom. The maximum absolute atomic E-state index is 13.8. The highest BCUT2D eigenvalue weighted by molar-refractivity contribution is 6.07. The molecule has 1 aliphatic rings. The minimum Gasteiger partial charge on any atom is -0.332 e. The smallest absolute Gasteiger partial charge is 0.272 e. The van der Waals surface area contributed by atoms with Gasteiger partial charge in [0.15, 0.2) is 0 Å². The van der Waals surface area contributed by atoms with E-state index in [0.717, 1.165) is 5.56 Å². The molecule has 0 saturated carbocycles. The Labute approximate surface area is 182 Å². The maximum atomic E-state index is 13.8. The maximum Gasteiger partial charge on any atom is 0.272 e. The predicted molar refractivity (Wildman–Crippen MR) is 119 cm³/mol. The number of halogens is 2. The molecule has 4 aromatic rings. The van der Waals surface area contributed by atoms with E-state index in [-0.39, 0.29) is 24.2 Å². The summed E-state index contributed by atoms with van der Waals surface area (Å²) in [5, 5.41) is 6.25. The normalized spacial score (nSPS) is 13.0. The van der Waals surface area contributed by atoms with Crippen molar-refractivity contribution < 1.29 is 18.4 Å². The number of fused-ring (bicyclic) bond motifs is 2. The molecule has 0 unspecified atom stereocenters. The molecular weight excluding hydrogens is 412 g/mol. The van der Waals surface area contributed by atoms with Crippen molar-refractivity contribution in [1.29, 1.82) is 0 Å². The van der Waals surface area contributed by atoms with Crippen molar-refractivity contribution in [1.82, 2.24) is 4.57 Å². The molecule has 2 heterocycles. The summed E-state index contributed by atoms with van der Waals surface area (Å²) >= 11 is 0. The zero-order chi connectivity index (χ0) is 22.2. The van der Waals surface area contributed by atoms with Gasteiger partial charge in [0.25, 0.3) is 5.91 Å². The fourth-order valence-electron chi connectivity index (χ4n) is 4.06. The first-order valence-corrected chi connectivity index (χ1v) is 10.2. The van der Waals surface area contributed by atoms with Gasteiger partial charge in [-0.05, 0) is 66.1 Å². The largest absolute Gasteiger partial charge is 0.332 e. The average Bonchev–Trinajstić information content (AvgIpc) is 3.11. The Morgan fingerprint density at radius 1 is 0.969 bits per heavy atom. The summed E-state index contributed by atoms with van der Waals surface area (Å²) in [5.41, 5.74) is 3.89. The van der Waals surface area contributed by atoms with Crippen LogP contribution in [0.3, 0.4) is 0 Å². The number of nitrogens with zero attached hydrogens (tertiary/aromatic N) is 1. The molecule has 0 fully saturated rings. The monoisotopic (exact) mass is 431 g/mol. The van der Waals surface area contributed by atoms with Crippen LogP contribution in [0, 0.1) is 11.6 Å². The number of carbonyl (C=O) groups is 2. The number of aryl methyl sites for hydroxylation is 1. The number of anilines is 2. The summed E-state index contributed by atoms with van der Waals surface area (Å²) in [6.45, 7) is 0.246. The molecule has 5 nitrogen and oxygen atoms in total. The Kier molecular flexibility index (Phi) is 4.93. The van der Waals surface area contributed by atoms with E-state index in [1.54, 1.807) is 41.0 Å². The molecule has 0 radical (unpaired) electrons. The summed E-state index contributed by atoms with van der Waals surface area (Å²) in [4.78, 5) is 24.9. The SMILES string of the molecule is O=C1CCc2ccc(NC(=O)c3cc4cc(F)ccc4n3Cc3cccc(F)c3)cc2N1. The number of rotatable bonds is 4. The van der Waals surface area contributed by atoms with E-state index in [1.807, 2.05) is 6.07 Å². The van der Waals surface area contributed by atoms with Crippen LogP contribution in [0.4, 0.5) is 20.2 Å². The van der Waals surface area contributed by atoms with Gasteiger partial charge in [0, 0.05) is 35.2 Å². The molecule has 7 heteroatoms. The molecule has 32 heavy (non-hydrogen) atoms. The van der Waals surface area contributed by atoms with E-state index < -0.39 is 5.82 Å². The third-order valence-electron chi connectivity index (χ3n) is 5.59. The van der Waals surface area contributed by atoms with E-state index in [1.165, 1.54) is 24.3 Å². The van der Waals surface area contributed by atoms with Gasteiger partial charge in [-0.25, -0.2) is 8.78 Å². The van der Waals surface area contributed by atoms with Crippen LogP contribution in [0.5, 0.6) is 0 Å². The molecule has 0 atom stereocenters. The Balaban J connectivity index is 1.51. The van der Waals surface area contributed by atoms with Gasteiger partial charge in [-0.3, -0.25) is 9.59 Å². The topological polar surface area (TPSA) is 63.1 Å². The lowest BCUT2D eigenvalue weighted by Crippen LogP contribution is -2.20. The van der Waals surface area contributed by atoms with Crippen LogP contribution in [-0.2, 0) is 17.8 Å². The Morgan fingerprint density at radius 2 is 1.81 bits per heavy atom. The fourth-order valence-corrected chi connectivity index (χ4v) is 4.06. The zero-order valence-corrected chi connectivity index (χ0v) is 17.0. The lowest BCUT2D eigenvalue weighted by Gasteiger charge is -2.18. The second-order valence-corrected chi connectivity index (χ2v) is 7.82. The van der Waals surface area contributed by atoms with Gasteiger partial charge in [0.1, 0.15) is 17.3 Å². The number of nitrogens with one attached hydrogen (secondary N) is 2. The summed E-state index contributed by atoms with van der Waals surface area (Å²) < 4.78 is 29.2. The first-order valence-electron chi connectivity index (χ1n) is 10.2. The number of hydrogen-bond acceptors (Lipinski definition) is 2. The number of amides is 2. The van der Waals surface area contributed by atoms with Gasteiger partial charge < -0.3 is 15.2 Å². The van der Waals surface area contributed by atoms with Crippen LogP contribution < -0.4 is 10.6 Å². The van der Waals surface area contributed by atoms with Crippen molar-refractivity contribution in [2.75, 3.05) is 10.6 Å². The lowest BCUT2D eigenvalue weighted by atomic mass is 10.0. The first kappa shape index (κ1) is 19.9. The molecule has 2 N–H and O–H groups in total. The highest BCUT2D eigenvalue weighted by Gasteiger charge is 2.19. The van der Waals surface area contributed by atoms with Crippen LogP contribution in [0.1, 0.15) is 28.0 Å². The van der Waals surface area contributed by atoms with Gasteiger partial charge >= 0.3 is 0 Å². The van der Waals surface area contributed by atoms with Crippen LogP contribution >= 0.6 is 0 Å². The molecular formula is C25H19F2N3O2. The second kappa shape index (κ2) is 7.92. The second-order valence-electron chi connectivity index (χ2n) is 7.82. The molecule has 0 bridgehead atoms. The molecule has 5 rings (SSSR count). The van der Waals surface area contributed by atoms with Gasteiger partial charge in [-0.15, -0.1) is 0 Å². The van der Waals surface area contributed by atoms with Crippen LogP contribution in [0.25, 0.3) is 10.9 Å². The average molecular weight is 431 g/mol. The molecule has 0 spiro atoms. The quantitative estimate of drug-likeness (QED) is 0.472. The van der Waals surface area contributed by atoms with Crippen molar-refractivity contribution >= 4 is 34.1 Å². The molecule has 0 aliphatic carbocycles. The van der Waals surface area contributed by atoms with Crippen LogP contribution in [0.2, 0.25) is 0 Å². The predicted octanol–water partition coefficient (Wildman–Crippen LogP) is 5.10. The van der Waals surface area contributed by atoms with Crippen molar-refractivity contribution in [3.05, 3.63) is 95.2 Å². The minimum atomic E-state index is -0.405. The first-order chi connectivity index (χ1) is 15.5. The third-order valence-corrected chi connectivity index (χ3v) is 5.59. The van der Waals surface area contributed by atoms with Gasteiger partial charge in [0.2, 0.25) is 5.91 Å². The van der Waals surface area contributed by atoms with E-state index >= 15 is 0 Å². The summed E-state index contributed by atoms with van der Waals surface area (Å²) in [6, 6.07) is 17.4. The minimum absolute atomic E-state index is 0.0572. The Hall–Kier alpha value is -4.00. The Bertz CT molecular complexity index is 1380. The number of carbonyl (C=O) groups excluding carboxylic acids is 2. The van der Waals surface area contributed by atoms with Crippen molar-refractivity contribution in [3.63, 3.8) is 0 Å². The summed E-state index contributed by atoms with van der Waals surface area (Å²) in [6.07, 6.45) is 1.10. The van der Waals surface area contributed by atoms with Crippen molar-refractivity contribution in [2.45, 2.75) is 19.4 Å². The van der Waals surface area contributed by atoms with Crippen LogP contribution in [-0.4, -0.2) is 16.4 Å². The zero-order valence-electron chi connectivity index (χ0n) is 17.0. The highest BCUT2D eigenvalue weighted by atomic mass is 19.1. The van der Waals surface area contributed by atoms with E-state index in [9.17, 15) is 18.4 Å². The molecule has 3 aromatic carbocycles. The van der Waals surface area contributed by atoms with Gasteiger partial charge in [-0.1, -0.05) is 18.2 Å². The van der Waals surface area contributed by atoms with Gasteiger partial charge in [-0.2, -0.15) is 0 Å². The van der Waals surface area contributed by atoms with Gasteiger partial charge in [0.05, 0.1) is 0 Å². The molecule has 160 valence electrons. The van der Waals surface area contributed by atoms with Crippen LogP contribution in [0.15, 0.2) is 66.7 Å². The molecule has 1 aromatic heterocycles. The highest BCUT2D eigenvalue weighted by Crippen LogP contribution is 2.27. The standard InChI is InChI=1S/C25H19F2N3O2/c26-18-3-1-2-15(10-18)14-30-22-8-6-19(27)11-17(22)12-23(30)25(32)28-20-7-4-16-5-9-24(31)29-21(16)13-20/h1-4,6-8,10-13H,5,9,14H2,(H,28,32)(H,29,31). The molecule has 2 amide bonds. The number of benzene rings is 3. The molecule has 0 saturated heterocycles. The summed E-state index contributed by atoms with van der Waals surface area (Å²) in [5.74, 6) is -1.22. The van der Waals surface area contributed by atoms with E-state index in [0.29, 0.717) is 46.4 Å². The number of hydrogen-bond donors (Lipinski definition) is 2. The van der Waals surface area contributed by atoms with Crippen molar-refractivity contribution in [3.8, 4) is 0 Å². The summed E-state index contributed by atoms with van der Waals surface area (Å²) in [7, 11) is 0. The fraction of sp³-hybridized carbons (Fsp3) is 0.120. The lowest BCUT2D eigenvalue weighted by molar-refractivity contribution is -0.116. The van der Waals surface area contributed by atoms with Crippen molar-refractivity contribution in [2.24, 2.45) is 0 Å². The van der Waals surface area contributed by atoms with E-state index in [4.69, 9.17) is 0 Å².